The predicted octanol–water partition coefficient (Wildman–Crippen LogP) is 2.96. The summed E-state index contributed by atoms with van der Waals surface area (Å²) in [5.74, 6) is -0.277. The first-order valence-electron chi connectivity index (χ1n) is 8.01. The van der Waals surface area contributed by atoms with Gasteiger partial charge < -0.3 is 14.8 Å². The van der Waals surface area contributed by atoms with Gasteiger partial charge >= 0.3 is 5.97 Å². The van der Waals surface area contributed by atoms with Gasteiger partial charge in [-0.25, -0.2) is 4.79 Å². The molecule has 3 rings (SSSR count). The zero-order chi connectivity index (χ0) is 18.5. The van der Waals surface area contributed by atoms with Crippen molar-refractivity contribution in [3.8, 4) is 5.75 Å². The fraction of sp³-hybridized carbons (Fsp3) is 0.150. The van der Waals surface area contributed by atoms with E-state index in [1.165, 1.54) is 14.2 Å². The van der Waals surface area contributed by atoms with Crippen molar-refractivity contribution in [3.05, 3.63) is 71.4 Å². The number of benzene rings is 2. The second-order valence-corrected chi connectivity index (χ2v) is 5.58. The third kappa shape index (κ3) is 3.49. The van der Waals surface area contributed by atoms with Crippen LogP contribution in [0.3, 0.4) is 0 Å². The molecule has 0 fully saturated rings. The number of nitrogens with one attached hydrogen (secondary N) is 1. The molecular weight excluding hydrogens is 332 g/mol. The van der Waals surface area contributed by atoms with Crippen molar-refractivity contribution in [2.24, 2.45) is 0 Å². The summed E-state index contributed by atoms with van der Waals surface area (Å²) >= 11 is 0. The molecule has 0 saturated heterocycles. The highest BCUT2D eigenvalue weighted by Gasteiger charge is 2.14. The molecule has 6 nitrogen and oxygen atoms in total. The van der Waals surface area contributed by atoms with Crippen molar-refractivity contribution in [1.29, 1.82) is 0 Å². The molecule has 0 aliphatic heterocycles. The maximum atomic E-state index is 12.6. The molecule has 1 heterocycles. The molecule has 0 spiro atoms. The van der Waals surface area contributed by atoms with Crippen molar-refractivity contribution < 1.29 is 19.1 Å². The topological polar surface area (TPSA) is 77.5 Å². The second kappa shape index (κ2) is 7.65. The highest BCUT2D eigenvalue weighted by Crippen LogP contribution is 2.21. The lowest BCUT2D eigenvalue weighted by Gasteiger charge is -2.11. The zero-order valence-corrected chi connectivity index (χ0v) is 14.5. The van der Waals surface area contributed by atoms with Crippen molar-refractivity contribution in [1.82, 2.24) is 10.3 Å². The highest BCUT2D eigenvalue weighted by molar-refractivity contribution is 6.06. The SMILES string of the molecule is COC(=O)c1cc(CNC(=O)c2cccc3ncccc23)ccc1OC. The van der Waals surface area contributed by atoms with Gasteiger partial charge in [0.15, 0.2) is 0 Å². The molecule has 2 aromatic carbocycles. The van der Waals surface area contributed by atoms with Gasteiger partial charge in [0.25, 0.3) is 5.91 Å². The maximum Gasteiger partial charge on any atom is 0.341 e. The summed E-state index contributed by atoms with van der Waals surface area (Å²) in [4.78, 5) is 28.7. The third-order valence-corrected chi connectivity index (χ3v) is 4.01. The molecule has 0 atom stereocenters. The molecule has 0 bridgehead atoms. The molecule has 132 valence electrons. The smallest absolute Gasteiger partial charge is 0.341 e. The first-order valence-corrected chi connectivity index (χ1v) is 8.01. The Morgan fingerprint density at radius 2 is 1.88 bits per heavy atom. The van der Waals surface area contributed by atoms with Gasteiger partial charge in [-0.1, -0.05) is 18.2 Å². The van der Waals surface area contributed by atoms with E-state index in [9.17, 15) is 9.59 Å². The monoisotopic (exact) mass is 350 g/mol. The third-order valence-electron chi connectivity index (χ3n) is 4.01. The van der Waals surface area contributed by atoms with E-state index in [0.29, 0.717) is 16.9 Å². The van der Waals surface area contributed by atoms with Gasteiger partial charge in [0.1, 0.15) is 11.3 Å². The minimum absolute atomic E-state index is 0.209. The number of amides is 1. The van der Waals surface area contributed by atoms with Crippen molar-refractivity contribution >= 4 is 22.8 Å². The molecule has 0 aliphatic rings. The van der Waals surface area contributed by atoms with Crippen molar-refractivity contribution in [2.75, 3.05) is 14.2 Å². The molecule has 1 amide bonds. The number of ether oxygens (including phenoxy) is 2. The number of hydrogen-bond acceptors (Lipinski definition) is 5. The van der Waals surface area contributed by atoms with Crippen LogP contribution in [0.1, 0.15) is 26.3 Å². The number of hydrogen-bond donors (Lipinski definition) is 1. The van der Waals surface area contributed by atoms with Crippen molar-refractivity contribution in [3.63, 3.8) is 0 Å². The van der Waals surface area contributed by atoms with Crippen LogP contribution in [0.25, 0.3) is 10.9 Å². The van der Waals surface area contributed by atoms with Crippen LogP contribution >= 0.6 is 0 Å². The van der Waals surface area contributed by atoms with E-state index in [2.05, 4.69) is 10.3 Å². The number of aromatic nitrogens is 1. The quantitative estimate of drug-likeness (QED) is 0.716. The fourth-order valence-electron chi connectivity index (χ4n) is 2.71. The lowest BCUT2D eigenvalue weighted by atomic mass is 10.1. The van der Waals surface area contributed by atoms with E-state index >= 15 is 0 Å². The summed E-state index contributed by atoms with van der Waals surface area (Å²) < 4.78 is 9.93. The first-order chi connectivity index (χ1) is 12.6. The lowest BCUT2D eigenvalue weighted by Crippen LogP contribution is -2.23. The van der Waals surface area contributed by atoms with Crippen molar-refractivity contribution in [2.45, 2.75) is 6.54 Å². The second-order valence-electron chi connectivity index (χ2n) is 5.58. The molecule has 6 heteroatoms. The van der Waals surface area contributed by atoms with Crippen LogP contribution in [0.4, 0.5) is 0 Å². The molecule has 0 aliphatic carbocycles. The van der Waals surface area contributed by atoms with E-state index in [4.69, 9.17) is 9.47 Å². The van der Waals surface area contributed by atoms with Crippen LogP contribution in [-0.4, -0.2) is 31.1 Å². The number of pyridine rings is 1. The molecule has 1 N–H and O–H groups in total. The van der Waals surface area contributed by atoms with E-state index in [1.807, 2.05) is 12.1 Å². The van der Waals surface area contributed by atoms with Gasteiger partial charge in [0, 0.05) is 23.7 Å². The van der Waals surface area contributed by atoms with Crippen LogP contribution in [0.15, 0.2) is 54.7 Å². The van der Waals surface area contributed by atoms with Crippen LogP contribution in [-0.2, 0) is 11.3 Å². The molecular formula is C20H18N2O4. The summed E-state index contributed by atoms with van der Waals surface area (Å²) in [5.41, 5.74) is 2.39. The molecule has 0 unspecified atom stereocenters. The molecule has 1 aromatic heterocycles. The Morgan fingerprint density at radius 1 is 1.04 bits per heavy atom. The molecule has 3 aromatic rings. The van der Waals surface area contributed by atoms with Gasteiger partial charge in [-0.05, 0) is 35.9 Å². The number of methoxy groups -OCH3 is 2. The Labute approximate surface area is 150 Å². The minimum Gasteiger partial charge on any atom is -0.496 e. The Balaban J connectivity index is 1.80. The number of nitrogens with zero attached hydrogens (tertiary/aromatic N) is 1. The molecule has 0 radical (unpaired) electrons. The highest BCUT2D eigenvalue weighted by atomic mass is 16.5. The van der Waals surface area contributed by atoms with Gasteiger partial charge in [-0.3, -0.25) is 9.78 Å². The summed E-state index contributed by atoms with van der Waals surface area (Å²) in [7, 11) is 2.79. The Bertz CT molecular complexity index is 964. The standard InChI is InChI=1S/C20H18N2O4/c1-25-18-9-8-13(11-16(18)20(24)26-2)12-22-19(23)15-5-3-7-17-14(15)6-4-10-21-17/h3-11H,12H2,1-2H3,(H,22,23). The van der Waals surface area contributed by atoms with E-state index in [-0.39, 0.29) is 12.5 Å². The Morgan fingerprint density at radius 3 is 2.65 bits per heavy atom. The summed E-state index contributed by atoms with van der Waals surface area (Å²) in [5, 5.41) is 3.66. The van der Waals surface area contributed by atoms with Crippen LogP contribution in [0.2, 0.25) is 0 Å². The number of carbonyl (C=O) groups excluding carboxylic acids is 2. The summed E-state index contributed by atoms with van der Waals surface area (Å²) in [6.07, 6.45) is 1.69. The summed E-state index contributed by atoms with van der Waals surface area (Å²) in [6.45, 7) is 0.267. The van der Waals surface area contributed by atoms with Crippen LogP contribution in [0, 0.1) is 0 Å². The average molecular weight is 350 g/mol. The number of esters is 1. The fourth-order valence-corrected chi connectivity index (χ4v) is 2.71. The Hall–Kier alpha value is -3.41. The molecule has 26 heavy (non-hydrogen) atoms. The minimum atomic E-state index is -0.491. The number of fused-ring (bicyclic) bond motifs is 1. The van der Waals surface area contributed by atoms with Gasteiger partial charge in [-0.15, -0.1) is 0 Å². The van der Waals surface area contributed by atoms with E-state index in [1.54, 1.807) is 42.6 Å². The largest absolute Gasteiger partial charge is 0.496 e. The lowest BCUT2D eigenvalue weighted by molar-refractivity contribution is 0.0597. The molecule has 0 saturated carbocycles. The van der Waals surface area contributed by atoms with Gasteiger partial charge in [0.05, 0.1) is 19.7 Å². The number of rotatable bonds is 5. The Kier molecular flexibility index (Phi) is 5.12. The number of carbonyl (C=O) groups is 2. The van der Waals surface area contributed by atoms with Crippen LogP contribution in [0.5, 0.6) is 5.75 Å². The average Bonchev–Trinajstić information content (AvgIpc) is 2.70. The first kappa shape index (κ1) is 17.4. The van der Waals surface area contributed by atoms with Gasteiger partial charge in [-0.2, -0.15) is 0 Å². The normalized spacial score (nSPS) is 10.4. The summed E-state index contributed by atoms with van der Waals surface area (Å²) in [6, 6.07) is 14.2. The van der Waals surface area contributed by atoms with Crippen LogP contribution < -0.4 is 10.1 Å². The maximum absolute atomic E-state index is 12.6. The zero-order valence-electron chi connectivity index (χ0n) is 14.5. The van der Waals surface area contributed by atoms with E-state index in [0.717, 1.165) is 16.5 Å². The predicted molar refractivity (Wildman–Crippen MR) is 97.2 cm³/mol. The van der Waals surface area contributed by atoms with Gasteiger partial charge in [0.2, 0.25) is 0 Å². The van der Waals surface area contributed by atoms with E-state index < -0.39 is 5.97 Å².